The number of carbonyl (C=O) groups is 1. The average Bonchev–Trinajstić information content (AvgIpc) is 2.45. The molecule has 2 aromatic rings. The molecule has 0 saturated carbocycles. The lowest BCUT2D eigenvalue weighted by Gasteiger charge is -2.10. The molecule has 20 heavy (non-hydrogen) atoms. The van der Waals surface area contributed by atoms with Gasteiger partial charge in [0, 0.05) is 5.56 Å². The molecule has 0 bridgehead atoms. The van der Waals surface area contributed by atoms with E-state index in [1.807, 2.05) is 0 Å². The Balaban J connectivity index is 2.51. The second-order valence-corrected chi connectivity index (χ2v) is 4.11. The number of rotatable bonds is 2. The normalized spacial score (nSPS) is 10.9. The smallest absolute Gasteiger partial charge is 0.298 e. The molecular weight excluding hydrogens is 267 g/mol. The Labute approximate surface area is 113 Å². The van der Waals surface area contributed by atoms with E-state index in [9.17, 15) is 18.0 Å². The quantitative estimate of drug-likeness (QED) is 0.775. The number of hydrogen-bond donors (Lipinski definition) is 0. The van der Waals surface area contributed by atoms with Crippen LogP contribution >= 0.6 is 0 Å². The van der Waals surface area contributed by atoms with Gasteiger partial charge in [-0.25, -0.2) is 0 Å². The summed E-state index contributed by atoms with van der Waals surface area (Å²) in [5.41, 5.74) is 0.527. The molecule has 0 atom stereocenters. The van der Waals surface area contributed by atoms with Crippen LogP contribution in [0.2, 0.25) is 0 Å². The van der Waals surface area contributed by atoms with Crippen LogP contribution < -0.4 is 0 Å². The monoisotopic (exact) mass is 275 g/mol. The zero-order chi connectivity index (χ0) is 14.8. The molecule has 0 aliphatic heterocycles. The third kappa shape index (κ3) is 2.69. The van der Waals surface area contributed by atoms with Gasteiger partial charge in [-0.05, 0) is 23.3 Å². The van der Waals surface area contributed by atoms with Crippen LogP contribution in [0.15, 0.2) is 42.5 Å². The standard InChI is InChI=1S/C15H8F3NO/c16-15(17,18)13-5-6-14(12(7-13)8-19)11-3-1-10(9-20)2-4-11/h1-7,9H. The highest BCUT2D eigenvalue weighted by atomic mass is 19.4. The Morgan fingerprint density at radius 1 is 1.05 bits per heavy atom. The summed E-state index contributed by atoms with van der Waals surface area (Å²) < 4.78 is 37.8. The maximum Gasteiger partial charge on any atom is 0.416 e. The van der Waals surface area contributed by atoms with Crippen LogP contribution in [0.5, 0.6) is 0 Å². The minimum absolute atomic E-state index is 0.0568. The molecule has 0 saturated heterocycles. The Morgan fingerprint density at radius 2 is 1.70 bits per heavy atom. The first-order chi connectivity index (χ1) is 9.45. The van der Waals surface area contributed by atoms with Crippen LogP contribution in [0.3, 0.4) is 0 Å². The van der Waals surface area contributed by atoms with Gasteiger partial charge >= 0.3 is 6.18 Å². The maximum atomic E-state index is 12.6. The number of carbonyl (C=O) groups excluding carboxylic acids is 1. The molecule has 0 aromatic heterocycles. The molecule has 0 aliphatic carbocycles. The lowest BCUT2D eigenvalue weighted by molar-refractivity contribution is -0.137. The van der Waals surface area contributed by atoms with Crippen LogP contribution in [0.25, 0.3) is 11.1 Å². The fourth-order valence-corrected chi connectivity index (χ4v) is 1.81. The van der Waals surface area contributed by atoms with Gasteiger partial charge < -0.3 is 0 Å². The number of aldehydes is 1. The van der Waals surface area contributed by atoms with Gasteiger partial charge in [0.05, 0.1) is 17.2 Å². The Bertz CT molecular complexity index is 682. The van der Waals surface area contributed by atoms with Gasteiger partial charge in [-0.1, -0.05) is 30.3 Å². The molecule has 0 spiro atoms. The van der Waals surface area contributed by atoms with Crippen molar-refractivity contribution in [1.29, 1.82) is 5.26 Å². The van der Waals surface area contributed by atoms with Gasteiger partial charge in [0.2, 0.25) is 0 Å². The minimum atomic E-state index is -4.48. The SMILES string of the molecule is N#Cc1cc(C(F)(F)F)ccc1-c1ccc(C=O)cc1. The number of nitrogens with zero attached hydrogens (tertiary/aromatic N) is 1. The van der Waals surface area contributed by atoms with Crippen LogP contribution in [0, 0.1) is 11.3 Å². The van der Waals surface area contributed by atoms with E-state index in [0.29, 0.717) is 23.0 Å². The largest absolute Gasteiger partial charge is 0.416 e. The molecule has 0 heterocycles. The van der Waals surface area contributed by atoms with E-state index < -0.39 is 11.7 Å². The molecule has 5 heteroatoms. The van der Waals surface area contributed by atoms with Crippen molar-refractivity contribution in [2.75, 3.05) is 0 Å². The zero-order valence-corrected chi connectivity index (χ0v) is 10.1. The summed E-state index contributed by atoms with van der Waals surface area (Å²) >= 11 is 0. The minimum Gasteiger partial charge on any atom is -0.298 e. The second-order valence-electron chi connectivity index (χ2n) is 4.11. The molecule has 0 fully saturated rings. The van der Waals surface area contributed by atoms with E-state index in [2.05, 4.69) is 0 Å². The lowest BCUT2D eigenvalue weighted by Crippen LogP contribution is -2.05. The molecule has 2 nitrogen and oxygen atoms in total. The Hall–Kier alpha value is -2.61. The van der Waals surface area contributed by atoms with E-state index in [4.69, 9.17) is 5.26 Å². The van der Waals surface area contributed by atoms with Crippen molar-refractivity contribution < 1.29 is 18.0 Å². The lowest BCUT2D eigenvalue weighted by atomic mass is 9.97. The highest BCUT2D eigenvalue weighted by Gasteiger charge is 2.31. The van der Waals surface area contributed by atoms with E-state index >= 15 is 0 Å². The van der Waals surface area contributed by atoms with Gasteiger partial charge in [-0.15, -0.1) is 0 Å². The Kier molecular flexibility index (Phi) is 3.57. The summed E-state index contributed by atoms with van der Waals surface area (Å²) in [6, 6.07) is 11.1. The number of benzene rings is 2. The van der Waals surface area contributed by atoms with Crippen molar-refractivity contribution in [3.05, 3.63) is 59.2 Å². The molecule has 100 valence electrons. The topological polar surface area (TPSA) is 40.9 Å². The molecule has 0 amide bonds. The molecule has 0 N–H and O–H groups in total. The third-order valence-corrected chi connectivity index (χ3v) is 2.83. The van der Waals surface area contributed by atoms with Gasteiger partial charge in [-0.2, -0.15) is 18.4 Å². The first-order valence-electron chi connectivity index (χ1n) is 5.62. The molecule has 0 aliphatic rings. The summed E-state index contributed by atoms with van der Waals surface area (Å²) in [5, 5.41) is 9.00. The summed E-state index contributed by atoms with van der Waals surface area (Å²) in [4.78, 5) is 10.6. The van der Waals surface area contributed by atoms with E-state index in [0.717, 1.165) is 12.1 Å². The summed E-state index contributed by atoms with van der Waals surface area (Å²) in [6.07, 6.45) is -3.81. The van der Waals surface area contributed by atoms with E-state index in [-0.39, 0.29) is 5.56 Å². The fourth-order valence-electron chi connectivity index (χ4n) is 1.81. The highest BCUT2D eigenvalue weighted by molar-refractivity contribution is 5.78. The highest BCUT2D eigenvalue weighted by Crippen LogP contribution is 2.33. The van der Waals surface area contributed by atoms with Crippen LogP contribution in [0.4, 0.5) is 13.2 Å². The van der Waals surface area contributed by atoms with Crippen LogP contribution in [-0.4, -0.2) is 6.29 Å². The molecular formula is C15H8F3NO. The summed E-state index contributed by atoms with van der Waals surface area (Å²) in [7, 11) is 0. The van der Waals surface area contributed by atoms with Crippen LogP contribution in [-0.2, 0) is 6.18 Å². The van der Waals surface area contributed by atoms with Gasteiger partial charge in [0.25, 0.3) is 0 Å². The van der Waals surface area contributed by atoms with Gasteiger partial charge in [0.15, 0.2) is 0 Å². The van der Waals surface area contributed by atoms with Crippen molar-refractivity contribution in [1.82, 2.24) is 0 Å². The number of alkyl halides is 3. The van der Waals surface area contributed by atoms with E-state index in [1.54, 1.807) is 30.3 Å². The van der Waals surface area contributed by atoms with E-state index in [1.165, 1.54) is 6.07 Å². The first kappa shape index (κ1) is 13.8. The Morgan fingerprint density at radius 3 is 2.20 bits per heavy atom. The summed E-state index contributed by atoms with van der Waals surface area (Å²) in [6.45, 7) is 0. The van der Waals surface area contributed by atoms with Crippen molar-refractivity contribution in [3.8, 4) is 17.2 Å². The molecule has 0 radical (unpaired) electrons. The second kappa shape index (κ2) is 5.17. The maximum absolute atomic E-state index is 12.6. The van der Waals surface area contributed by atoms with Crippen LogP contribution in [0.1, 0.15) is 21.5 Å². The third-order valence-electron chi connectivity index (χ3n) is 2.83. The molecule has 2 rings (SSSR count). The number of halogens is 3. The molecule has 2 aromatic carbocycles. The van der Waals surface area contributed by atoms with Crippen molar-refractivity contribution in [3.63, 3.8) is 0 Å². The predicted octanol–water partition coefficient (Wildman–Crippen LogP) is 4.06. The van der Waals surface area contributed by atoms with Crippen molar-refractivity contribution in [2.45, 2.75) is 6.18 Å². The number of hydrogen-bond acceptors (Lipinski definition) is 2. The zero-order valence-electron chi connectivity index (χ0n) is 10.1. The first-order valence-corrected chi connectivity index (χ1v) is 5.62. The van der Waals surface area contributed by atoms with Crippen molar-refractivity contribution in [2.24, 2.45) is 0 Å². The predicted molar refractivity (Wildman–Crippen MR) is 67.0 cm³/mol. The number of nitriles is 1. The van der Waals surface area contributed by atoms with Gasteiger partial charge in [0.1, 0.15) is 6.29 Å². The fraction of sp³-hybridized carbons (Fsp3) is 0.0667. The van der Waals surface area contributed by atoms with Crippen molar-refractivity contribution >= 4 is 6.29 Å². The molecule has 0 unspecified atom stereocenters. The van der Waals surface area contributed by atoms with Gasteiger partial charge in [-0.3, -0.25) is 4.79 Å². The summed E-state index contributed by atoms with van der Waals surface area (Å²) in [5.74, 6) is 0. The average molecular weight is 275 g/mol.